The van der Waals surface area contributed by atoms with Crippen molar-refractivity contribution >= 4 is 17.6 Å². The lowest BCUT2D eigenvalue weighted by atomic mass is 10.1. The number of aromatic nitrogens is 2. The molecule has 2 aromatic rings. The fraction of sp³-hybridized carbons (Fsp3) is 0.500. The first-order valence-corrected chi connectivity index (χ1v) is 11.3. The molecule has 2 aliphatic rings. The fourth-order valence-corrected chi connectivity index (χ4v) is 4.43. The molecule has 1 aromatic carbocycles. The van der Waals surface area contributed by atoms with Gasteiger partial charge in [-0.05, 0) is 25.8 Å². The van der Waals surface area contributed by atoms with Gasteiger partial charge in [-0.25, -0.2) is 9.97 Å². The average molecular weight is 422 g/mol. The van der Waals surface area contributed by atoms with Crippen LogP contribution in [0.1, 0.15) is 39.0 Å². The molecule has 1 aliphatic heterocycles. The number of carbonyl (C=O) groups is 2. The molecular weight excluding hydrogens is 390 g/mol. The van der Waals surface area contributed by atoms with Crippen LogP contribution in [-0.2, 0) is 9.59 Å². The van der Waals surface area contributed by atoms with Gasteiger partial charge in [0, 0.05) is 56.3 Å². The largest absolute Gasteiger partial charge is 0.353 e. The van der Waals surface area contributed by atoms with Crippen molar-refractivity contribution in [2.24, 2.45) is 5.92 Å². The second kappa shape index (κ2) is 9.90. The summed E-state index contributed by atoms with van der Waals surface area (Å²) in [5.74, 6) is 1.95. The molecule has 0 radical (unpaired) electrons. The molecule has 1 saturated carbocycles. The maximum absolute atomic E-state index is 12.7. The first kappa shape index (κ1) is 21.3. The number of nitrogens with zero attached hydrogens (tertiary/aromatic N) is 4. The highest BCUT2D eigenvalue weighted by Crippen LogP contribution is 2.25. The smallest absolute Gasteiger partial charge is 0.224 e. The van der Waals surface area contributed by atoms with Gasteiger partial charge >= 0.3 is 0 Å². The maximum atomic E-state index is 12.7. The summed E-state index contributed by atoms with van der Waals surface area (Å²) in [7, 11) is 0. The van der Waals surface area contributed by atoms with Crippen LogP contribution < -0.4 is 10.2 Å². The number of piperazine rings is 1. The Kier molecular flexibility index (Phi) is 6.79. The molecule has 0 bridgehead atoms. The minimum absolute atomic E-state index is 0.103. The first-order valence-electron chi connectivity index (χ1n) is 11.3. The van der Waals surface area contributed by atoms with Gasteiger partial charge < -0.3 is 15.1 Å². The number of hydrogen-bond donors (Lipinski definition) is 1. The van der Waals surface area contributed by atoms with Crippen LogP contribution >= 0.6 is 0 Å². The van der Waals surface area contributed by atoms with Crippen molar-refractivity contribution in [1.29, 1.82) is 0 Å². The summed E-state index contributed by atoms with van der Waals surface area (Å²) >= 11 is 0. The van der Waals surface area contributed by atoms with Gasteiger partial charge in [0.1, 0.15) is 5.82 Å². The first-order chi connectivity index (χ1) is 15.1. The van der Waals surface area contributed by atoms with Gasteiger partial charge in [-0.3, -0.25) is 9.59 Å². The number of benzene rings is 1. The molecule has 164 valence electrons. The number of amides is 2. The molecule has 2 amide bonds. The van der Waals surface area contributed by atoms with Crippen LogP contribution in [0.4, 0.5) is 5.82 Å². The van der Waals surface area contributed by atoms with Gasteiger partial charge in [0.2, 0.25) is 11.8 Å². The fourth-order valence-electron chi connectivity index (χ4n) is 4.43. The van der Waals surface area contributed by atoms with Crippen molar-refractivity contribution in [2.45, 2.75) is 45.1 Å². The van der Waals surface area contributed by atoms with Crippen LogP contribution in [0.25, 0.3) is 11.4 Å². The van der Waals surface area contributed by atoms with E-state index in [0.717, 1.165) is 50.2 Å². The Hall–Kier alpha value is -2.96. The molecule has 31 heavy (non-hydrogen) atoms. The van der Waals surface area contributed by atoms with Crippen LogP contribution in [0.3, 0.4) is 0 Å². The SMILES string of the molecule is CC(CC(=O)N1CCN(c2ccnc(-c3ccccc3)n2)CC1)NC(=O)C1CCCC1. The molecule has 4 rings (SSSR count). The summed E-state index contributed by atoms with van der Waals surface area (Å²) in [5, 5.41) is 3.03. The Morgan fingerprint density at radius 1 is 1.06 bits per heavy atom. The third-order valence-corrected chi connectivity index (χ3v) is 6.22. The quantitative estimate of drug-likeness (QED) is 0.776. The van der Waals surface area contributed by atoms with Gasteiger partial charge in [-0.2, -0.15) is 0 Å². The second-order valence-corrected chi connectivity index (χ2v) is 8.57. The van der Waals surface area contributed by atoms with E-state index in [0.29, 0.717) is 25.3 Å². The van der Waals surface area contributed by atoms with E-state index in [1.807, 2.05) is 48.2 Å². The highest BCUT2D eigenvalue weighted by Gasteiger charge is 2.26. The molecular formula is C24H31N5O2. The van der Waals surface area contributed by atoms with Crippen molar-refractivity contribution < 1.29 is 9.59 Å². The molecule has 7 nitrogen and oxygen atoms in total. The predicted molar refractivity (Wildman–Crippen MR) is 120 cm³/mol. The minimum atomic E-state index is -0.131. The van der Waals surface area contributed by atoms with E-state index < -0.39 is 0 Å². The molecule has 1 atom stereocenters. The molecule has 1 N–H and O–H groups in total. The normalized spacial score (nSPS) is 18.1. The van der Waals surface area contributed by atoms with Crippen molar-refractivity contribution in [1.82, 2.24) is 20.2 Å². The lowest BCUT2D eigenvalue weighted by Gasteiger charge is -2.36. The van der Waals surface area contributed by atoms with Crippen molar-refractivity contribution in [3.8, 4) is 11.4 Å². The summed E-state index contributed by atoms with van der Waals surface area (Å²) in [5.41, 5.74) is 0.992. The van der Waals surface area contributed by atoms with Crippen LogP contribution in [-0.4, -0.2) is 58.9 Å². The molecule has 0 spiro atoms. The molecule has 7 heteroatoms. The Balaban J connectivity index is 1.27. The van der Waals surface area contributed by atoms with E-state index in [-0.39, 0.29) is 23.8 Å². The number of carbonyl (C=O) groups excluding carboxylic acids is 2. The zero-order valence-electron chi connectivity index (χ0n) is 18.2. The van der Waals surface area contributed by atoms with E-state index in [1.54, 1.807) is 6.20 Å². The van der Waals surface area contributed by atoms with Crippen molar-refractivity contribution in [2.75, 3.05) is 31.1 Å². The second-order valence-electron chi connectivity index (χ2n) is 8.57. The van der Waals surface area contributed by atoms with Gasteiger partial charge in [0.15, 0.2) is 5.82 Å². The Morgan fingerprint density at radius 2 is 1.77 bits per heavy atom. The summed E-state index contributed by atoms with van der Waals surface area (Å²) in [4.78, 5) is 38.2. The zero-order valence-corrected chi connectivity index (χ0v) is 18.2. The van der Waals surface area contributed by atoms with E-state index in [2.05, 4.69) is 15.2 Å². The number of rotatable bonds is 6. The molecule has 2 fully saturated rings. The lowest BCUT2D eigenvalue weighted by Crippen LogP contribution is -2.50. The van der Waals surface area contributed by atoms with Crippen LogP contribution in [0, 0.1) is 5.92 Å². The van der Waals surface area contributed by atoms with Gasteiger partial charge in [0.05, 0.1) is 0 Å². The summed E-state index contributed by atoms with van der Waals surface area (Å²) < 4.78 is 0. The van der Waals surface area contributed by atoms with Crippen LogP contribution in [0.15, 0.2) is 42.6 Å². The lowest BCUT2D eigenvalue weighted by molar-refractivity contribution is -0.132. The van der Waals surface area contributed by atoms with Crippen molar-refractivity contribution in [3.05, 3.63) is 42.6 Å². The number of anilines is 1. The highest BCUT2D eigenvalue weighted by molar-refractivity contribution is 5.81. The van der Waals surface area contributed by atoms with Crippen LogP contribution in [0.2, 0.25) is 0 Å². The summed E-state index contributed by atoms with van der Waals surface area (Å²) in [6.07, 6.45) is 6.36. The molecule has 1 unspecified atom stereocenters. The monoisotopic (exact) mass is 421 g/mol. The number of nitrogens with one attached hydrogen (secondary N) is 1. The van der Waals surface area contributed by atoms with E-state index in [9.17, 15) is 9.59 Å². The van der Waals surface area contributed by atoms with E-state index in [1.165, 1.54) is 0 Å². The van der Waals surface area contributed by atoms with E-state index in [4.69, 9.17) is 4.98 Å². The van der Waals surface area contributed by atoms with Gasteiger partial charge in [-0.15, -0.1) is 0 Å². The Labute approximate surface area is 183 Å². The minimum Gasteiger partial charge on any atom is -0.353 e. The summed E-state index contributed by atoms with van der Waals surface area (Å²) in [6.45, 7) is 4.71. The third kappa shape index (κ3) is 5.40. The Morgan fingerprint density at radius 3 is 2.48 bits per heavy atom. The standard InChI is InChI=1S/C24H31N5O2/c1-18(26-24(31)20-9-5-6-10-20)17-22(30)29-15-13-28(14-16-29)21-11-12-25-23(27-21)19-7-3-2-4-8-19/h2-4,7-8,11-12,18,20H,5-6,9-10,13-17H2,1H3,(H,26,31). The maximum Gasteiger partial charge on any atom is 0.224 e. The number of hydrogen-bond acceptors (Lipinski definition) is 5. The van der Waals surface area contributed by atoms with Crippen molar-refractivity contribution in [3.63, 3.8) is 0 Å². The molecule has 2 heterocycles. The summed E-state index contributed by atoms with van der Waals surface area (Å²) in [6, 6.07) is 11.7. The molecule has 1 saturated heterocycles. The molecule has 1 aliphatic carbocycles. The zero-order chi connectivity index (χ0) is 21.6. The van der Waals surface area contributed by atoms with E-state index >= 15 is 0 Å². The highest BCUT2D eigenvalue weighted by atomic mass is 16.2. The average Bonchev–Trinajstić information content (AvgIpc) is 3.35. The third-order valence-electron chi connectivity index (χ3n) is 6.22. The Bertz CT molecular complexity index is 890. The molecule has 1 aromatic heterocycles. The topological polar surface area (TPSA) is 78.4 Å². The van der Waals surface area contributed by atoms with Gasteiger partial charge in [-0.1, -0.05) is 43.2 Å². The van der Waals surface area contributed by atoms with Gasteiger partial charge in [0.25, 0.3) is 0 Å². The predicted octanol–water partition coefficient (Wildman–Crippen LogP) is 2.88. The van der Waals surface area contributed by atoms with Crippen LogP contribution in [0.5, 0.6) is 0 Å².